The van der Waals surface area contributed by atoms with E-state index in [4.69, 9.17) is 4.74 Å². The van der Waals surface area contributed by atoms with E-state index in [1.165, 1.54) is 12.1 Å². The van der Waals surface area contributed by atoms with Crippen LogP contribution in [0, 0.1) is 5.82 Å². The molecule has 0 unspecified atom stereocenters. The number of rotatable bonds is 8. The molecule has 0 aliphatic rings. The van der Waals surface area contributed by atoms with Crippen molar-refractivity contribution in [2.75, 3.05) is 25.6 Å². The zero-order valence-corrected chi connectivity index (χ0v) is 15.5. The number of halogens is 1. The quantitative estimate of drug-likeness (QED) is 0.582. The number of nitrogens with one attached hydrogen (secondary N) is 2. The molecule has 1 amide bonds. The third kappa shape index (κ3) is 5.34. The van der Waals surface area contributed by atoms with Gasteiger partial charge in [-0.1, -0.05) is 18.2 Å². The lowest BCUT2D eigenvalue weighted by molar-refractivity contribution is 0.0948. The van der Waals surface area contributed by atoms with Gasteiger partial charge in [-0.05, 0) is 42.8 Å². The Morgan fingerprint density at radius 1 is 1.14 bits per heavy atom. The smallest absolute Gasteiger partial charge is 0.251 e. The summed E-state index contributed by atoms with van der Waals surface area (Å²) in [5.41, 5.74) is 1.85. The van der Waals surface area contributed by atoms with Crippen molar-refractivity contribution in [2.45, 2.75) is 6.42 Å². The van der Waals surface area contributed by atoms with Crippen molar-refractivity contribution < 1.29 is 13.9 Å². The average molecular weight is 380 g/mol. The summed E-state index contributed by atoms with van der Waals surface area (Å²) in [4.78, 5) is 20.9. The molecule has 0 saturated heterocycles. The molecule has 2 N–H and O–H groups in total. The Morgan fingerprint density at radius 3 is 2.82 bits per heavy atom. The van der Waals surface area contributed by atoms with Crippen molar-refractivity contribution in [2.24, 2.45) is 0 Å². The van der Waals surface area contributed by atoms with Gasteiger partial charge in [0.2, 0.25) is 0 Å². The van der Waals surface area contributed by atoms with E-state index in [0.717, 1.165) is 6.42 Å². The SMILES string of the molecule is COCCCNC(=O)c1cccc(Nc2ccnc(-c3cccc(F)c3)n2)c1. The monoisotopic (exact) mass is 380 g/mol. The molecule has 1 aromatic heterocycles. The molecule has 0 radical (unpaired) electrons. The van der Waals surface area contributed by atoms with Gasteiger partial charge in [-0.2, -0.15) is 0 Å². The first-order valence-electron chi connectivity index (χ1n) is 8.89. The van der Waals surface area contributed by atoms with Gasteiger partial charge in [-0.25, -0.2) is 14.4 Å². The van der Waals surface area contributed by atoms with Crippen LogP contribution in [-0.4, -0.2) is 36.1 Å². The van der Waals surface area contributed by atoms with E-state index in [2.05, 4.69) is 20.6 Å². The molecule has 3 aromatic rings. The van der Waals surface area contributed by atoms with E-state index in [1.807, 2.05) is 6.07 Å². The molecule has 0 fully saturated rings. The van der Waals surface area contributed by atoms with Gasteiger partial charge in [0.05, 0.1) is 0 Å². The Morgan fingerprint density at radius 2 is 2.00 bits per heavy atom. The Hall–Kier alpha value is -3.32. The summed E-state index contributed by atoms with van der Waals surface area (Å²) >= 11 is 0. The first-order valence-corrected chi connectivity index (χ1v) is 8.89. The van der Waals surface area contributed by atoms with Crippen LogP contribution in [0.4, 0.5) is 15.9 Å². The van der Waals surface area contributed by atoms with E-state index in [0.29, 0.717) is 41.6 Å². The molecule has 6 nitrogen and oxygen atoms in total. The van der Waals surface area contributed by atoms with Crippen LogP contribution in [0.15, 0.2) is 60.8 Å². The summed E-state index contributed by atoms with van der Waals surface area (Å²) < 4.78 is 18.4. The number of amides is 1. The number of hydrogen-bond acceptors (Lipinski definition) is 5. The molecule has 0 bridgehead atoms. The Balaban J connectivity index is 1.70. The second-order valence-corrected chi connectivity index (χ2v) is 6.08. The van der Waals surface area contributed by atoms with Crippen LogP contribution < -0.4 is 10.6 Å². The molecule has 0 aliphatic heterocycles. The normalized spacial score (nSPS) is 10.5. The number of benzene rings is 2. The predicted octanol–water partition coefficient (Wildman–Crippen LogP) is 3.79. The molecule has 3 rings (SSSR count). The van der Waals surface area contributed by atoms with Crippen molar-refractivity contribution in [3.8, 4) is 11.4 Å². The van der Waals surface area contributed by atoms with Crippen molar-refractivity contribution in [1.29, 1.82) is 0 Å². The van der Waals surface area contributed by atoms with Gasteiger partial charge in [0.25, 0.3) is 5.91 Å². The molecular formula is C21H21FN4O2. The third-order valence-corrected chi connectivity index (χ3v) is 3.95. The average Bonchev–Trinajstić information content (AvgIpc) is 2.71. The van der Waals surface area contributed by atoms with Gasteiger partial charge in [0.15, 0.2) is 5.82 Å². The molecule has 144 valence electrons. The number of carbonyl (C=O) groups excluding carboxylic acids is 1. The second-order valence-electron chi connectivity index (χ2n) is 6.08. The summed E-state index contributed by atoms with van der Waals surface area (Å²) in [5, 5.41) is 6.01. The molecule has 1 heterocycles. The maximum Gasteiger partial charge on any atom is 0.251 e. The van der Waals surface area contributed by atoms with Crippen LogP contribution in [0.25, 0.3) is 11.4 Å². The fraction of sp³-hybridized carbons (Fsp3) is 0.190. The molecular weight excluding hydrogens is 359 g/mol. The maximum atomic E-state index is 13.4. The highest BCUT2D eigenvalue weighted by molar-refractivity contribution is 5.95. The van der Waals surface area contributed by atoms with Gasteiger partial charge in [-0.15, -0.1) is 0 Å². The summed E-state index contributed by atoms with van der Waals surface area (Å²) in [7, 11) is 1.63. The van der Waals surface area contributed by atoms with E-state index >= 15 is 0 Å². The minimum atomic E-state index is -0.344. The van der Waals surface area contributed by atoms with Crippen LogP contribution in [0.2, 0.25) is 0 Å². The lowest BCUT2D eigenvalue weighted by atomic mass is 10.2. The standard InChI is InChI=1S/C21H21FN4O2/c1-28-12-4-10-24-21(27)16-6-3-8-18(14-16)25-19-9-11-23-20(26-19)15-5-2-7-17(22)13-15/h2-3,5-9,11,13-14H,4,10,12H2,1H3,(H,24,27)(H,23,25,26). The number of methoxy groups -OCH3 is 1. The molecule has 7 heteroatoms. The van der Waals surface area contributed by atoms with E-state index in [-0.39, 0.29) is 11.7 Å². The third-order valence-electron chi connectivity index (χ3n) is 3.95. The molecule has 2 aromatic carbocycles. The minimum Gasteiger partial charge on any atom is -0.385 e. The van der Waals surface area contributed by atoms with Crippen LogP contribution in [0.3, 0.4) is 0 Å². The van der Waals surface area contributed by atoms with Gasteiger partial charge < -0.3 is 15.4 Å². The summed E-state index contributed by atoms with van der Waals surface area (Å²) in [6.45, 7) is 1.15. The summed E-state index contributed by atoms with van der Waals surface area (Å²) in [5.74, 6) is 0.468. The minimum absolute atomic E-state index is 0.150. The van der Waals surface area contributed by atoms with Crippen LogP contribution >= 0.6 is 0 Å². The van der Waals surface area contributed by atoms with Crippen molar-refractivity contribution >= 4 is 17.4 Å². The lowest BCUT2D eigenvalue weighted by Gasteiger charge is -2.09. The maximum absolute atomic E-state index is 13.4. The van der Waals surface area contributed by atoms with Crippen molar-refractivity contribution in [1.82, 2.24) is 15.3 Å². The number of hydrogen-bond donors (Lipinski definition) is 2. The number of carbonyl (C=O) groups is 1. The fourth-order valence-electron chi connectivity index (χ4n) is 2.60. The zero-order valence-electron chi connectivity index (χ0n) is 15.5. The van der Waals surface area contributed by atoms with Crippen molar-refractivity contribution in [3.05, 3.63) is 72.2 Å². The predicted molar refractivity (Wildman–Crippen MR) is 106 cm³/mol. The number of anilines is 2. The summed E-state index contributed by atoms with van der Waals surface area (Å²) in [6, 6.07) is 14.9. The van der Waals surface area contributed by atoms with Gasteiger partial charge in [-0.3, -0.25) is 4.79 Å². The van der Waals surface area contributed by atoms with Gasteiger partial charge in [0, 0.05) is 43.3 Å². The fourth-order valence-corrected chi connectivity index (χ4v) is 2.60. The highest BCUT2D eigenvalue weighted by atomic mass is 19.1. The summed E-state index contributed by atoms with van der Waals surface area (Å²) in [6.07, 6.45) is 2.35. The van der Waals surface area contributed by atoms with E-state index < -0.39 is 0 Å². The van der Waals surface area contributed by atoms with Gasteiger partial charge in [0.1, 0.15) is 11.6 Å². The van der Waals surface area contributed by atoms with E-state index in [9.17, 15) is 9.18 Å². The molecule has 0 spiro atoms. The van der Waals surface area contributed by atoms with Gasteiger partial charge >= 0.3 is 0 Å². The Labute approximate surface area is 162 Å². The number of aromatic nitrogens is 2. The van der Waals surface area contributed by atoms with E-state index in [1.54, 1.807) is 49.7 Å². The number of nitrogens with zero attached hydrogens (tertiary/aromatic N) is 2. The highest BCUT2D eigenvalue weighted by Crippen LogP contribution is 2.20. The Bertz CT molecular complexity index is 949. The number of ether oxygens (including phenoxy) is 1. The van der Waals surface area contributed by atoms with Crippen LogP contribution in [0.5, 0.6) is 0 Å². The first kappa shape index (κ1) is 19.4. The molecule has 28 heavy (non-hydrogen) atoms. The molecule has 0 aliphatic carbocycles. The lowest BCUT2D eigenvalue weighted by Crippen LogP contribution is -2.25. The second kappa shape index (κ2) is 9.57. The molecule has 0 saturated carbocycles. The van der Waals surface area contributed by atoms with Crippen LogP contribution in [-0.2, 0) is 4.74 Å². The Kier molecular flexibility index (Phi) is 6.64. The topological polar surface area (TPSA) is 76.1 Å². The highest BCUT2D eigenvalue weighted by Gasteiger charge is 2.07. The zero-order chi connectivity index (χ0) is 19.8. The largest absolute Gasteiger partial charge is 0.385 e. The first-order chi connectivity index (χ1) is 13.7. The van der Waals surface area contributed by atoms with Crippen molar-refractivity contribution in [3.63, 3.8) is 0 Å². The molecule has 0 atom stereocenters. The van der Waals surface area contributed by atoms with Crippen LogP contribution in [0.1, 0.15) is 16.8 Å².